The highest BCUT2D eigenvalue weighted by atomic mass is 16.3. The standard InChI is InChI=1S/C14H22N2O2/c1-10-5-6-12(17)11(7-10)8-16-9-14(2,3)13(18)15-4/h5-7,16-17H,8-9H2,1-4H3,(H,15,18). The van der Waals surface area contributed by atoms with Gasteiger partial charge in [-0.15, -0.1) is 0 Å². The van der Waals surface area contributed by atoms with E-state index in [4.69, 9.17) is 0 Å². The summed E-state index contributed by atoms with van der Waals surface area (Å²) in [6, 6.07) is 5.50. The molecule has 4 nitrogen and oxygen atoms in total. The quantitative estimate of drug-likeness (QED) is 0.743. The minimum Gasteiger partial charge on any atom is -0.508 e. The predicted molar refractivity (Wildman–Crippen MR) is 72.4 cm³/mol. The zero-order valence-corrected chi connectivity index (χ0v) is 11.5. The van der Waals surface area contributed by atoms with Gasteiger partial charge in [-0.25, -0.2) is 0 Å². The highest BCUT2D eigenvalue weighted by Crippen LogP contribution is 2.19. The molecular weight excluding hydrogens is 228 g/mol. The fraction of sp³-hybridized carbons (Fsp3) is 0.500. The number of aromatic hydroxyl groups is 1. The van der Waals surface area contributed by atoms with Crippen LogP contribution in [0.4, 0.5) is 0 Å². The molecule has 0 aromatic heterocycles. The lowest BCUT2D eigenvalue weighted by molar-refractivity contribution is -0.128. The van der Waals surface area contributed by atoms with E-state index < -0.39 is 5.41 Å². The average Bonchev–Trinajstić information content (AvgIpc) is 2.32. The predicted octanol–water partition coefficient (Wildman–Crippen LogP) is 1.56. The van der Waals surface area contributed by atoms with Gasteiger partial charge in [0.1, 0.15) is 5.75 Å². The van der Waals surface area contributed by atoms with Crippen LogP contribution in [0.15, 0.2) is 18.2 Å². The fourth-order valence-corrected chi connectivity index (χ4v) is 1.78. The topological polar surface area (TPSA) is 61.4 Å². The van der Waals surface area contributed by atoms with Crippen molar-refractivity contribution in [1.29, 1.82) is 0 Å². The molecule has 0 atom stereocenters. The molecule has 3 N–H and O–H groups in total. The van der Waals surface area contributed by atoms with Crippen molar-refractivity contribution in [3.63, 3.8) is 0 Å². The molecule has 0 heterocycles. The summed E-state index contributed by atoms with van der Waals surface area (Å²) >= 11 is 0. The van der Waals surface area contributed by atoms with Crippen molar-refractivity contribution in [1.82, 2.24) is 10.6 Å². The monoisotopic (exact) mass is 250 g/mol. The van der Waals surface area contributed by atoms with Crippen molar-refractivity contribution >= 4 is 5.91 Å². The molecule has 0 saturated carbocycles. The Morgan fingerprint density at radius 1 is 1.39 bits per heavy atom. The van der Waals surface area contributed by atoms with Crippen LogP contribution >= 0.6 is 0 Å². The summed E-state index contributed by atoms with van der Waals surface area (Å²) in [5.41, 5.74) is 1.49. The van der Waals surface area contributed by atoms with Gasteiger partial charge in [-0.3, -0.25) is 4.79 Å². The van der Waals surface area contributed by atoms with Crippen LogP contribution in [-0.2, 0) is 11.3 Å². The second-order valence-corrected chi connectivity index (χ2v) is 5.20. The molecule has 0 bridgehead atoms. The van der Waals surface area contributed by atoms with E-state index >= 15 is 0 Å². The van der Waals surface area contributed by atoms with Crippen molar-refractivity contribution < 1.29 is 9.90 Å². The molecule has 1 rings (SSSR count). The maximum atomic E-state index is 11.6. The van der Waals surface area contributed by atoms with Gasteiger partial charge >= 0.3 is 0 Å². The second kappa shape index (κ2) is 5.87. The largest absolute Gasteiger partial charge is 0.508 e. The van der Waals surface area contributed by atoms with Gasteiger partial charge in [-0.1, -0.05) is 17.7 Å². The third-order valence-electron chi connectivity index (χ3n) is 2.96. The van der Waals surface area contributed by atoms with Crippen LogP contribution in [0.5, 0.6) is 5.75 Å². The Labute approximate surface area is 108 Å². The number of phenols is 1. The van der Waals surface area contributed by atoms with Crippen LogP contribution < -0.4 is 10.6 Å². The van der Waals surface area contributed by atoms with E-state index in [0.717, 1.165) is 11.1 Å². The van der Waals surface area contributed by atoms with Crippen LogP contribution in [0.25, 0.3) is 0 Å². The van der Waals surface area contributed by atoms with Gasteiger partial charge in [0.25, 0.3) is 0 Å². The summed E-state index contributed by atoms with van der Waals surface area (Å²) in [6.45, 7) is 6.86. The lowest BCUT2D eigenvalue weighted by Crippen LogP contribution is -2.41. The molecule has 0 fully saturated rings. The Bertz CT molecular complexity index is 428. The smallest absolute Gasteiger partial charge is 0.226 e. The summed E-state index contributed by atoms with van der Waals surface area (Å²) in [6.07, 6.45) is 0. The van der Waals surface area contributed by atoms with Crippen molar-refractivity contribution in [2.24, 2.45) is 5.41 Å². The summed E-state index contributed by atoms with van der Waals surface area (Å²) in [5, 5.41) is 15.6. The molecular formula is C14H22N2O2. The second-order valence-electron chi connectivity index (χ2n) is 5.20. The van der Waals surface area contributed by atoms with Gasteiger partial charge < -0.3 is 15.7 Å². The zero-order valence-electron chi connectivity index (χ0n) is 11.5. The van der Waals surface area contributed by atoms with Crippen LogP contribution in [0.2, 0.25) is 0 Å². The first-order chi connectivity index (χ1) is 8.36. The Balaban J connectivity index is 2.56. The minimum atomic E-state index is -0.464. The first kappa shape index (κ1) is 14.5. The van der Waals surface area contributed by atoms with Crippen molar-refractivity contribution in [2.45, 2.75) is 27.3 Å². The number of amides is 1. The summed E-state index contributed by atoms with van der Waals surface area (Å²) in [4.78, 5) is 11.6. The average molecular weight is 250 g/mol. The molecule has 0 saturated heterocycles. The molecule has 0 aliphatic heterocycles. The molecule has 0 aliphatic carbocycles. The molecule has 18 heavy (non-hydrogen) atoms. The highest BCUT2D eigenvalue weighted by molar-refractivity contribution is 5.81. The number of rotatable bonds is 5. The Kier molecular flexibility index (Phi) is 4.73. The number of hydrogen-bond donors (Lipinski definition) is 3. The highest BCUT2D eigenvalue weighted by Gasteiger charge is 2.25. The van der Waals surface area contributed by atoms with Gasteiger partial charge in [0.2, 0.25) is 5.91 Å². The Morgan fingerprint density at radius 3 is 2.67 bits per heavy atom. The Morgan fingerprint density at radius 2 is 2.06 bits per heavy atom. The van der Waals surface area contributed by atoms with Gasteiger partial charge in [0.05, 0.1) is 5.41 Å². The van der Waals surface area contributed by atoms with Crippen LogP contribution in [0.1, 0.15) is 25.0 Å². The van der Waals surface area contributed by atoms with E-state index in [2.05, 4.69) is 10.6 Å². The number of nitrogens with one attached hydrogen (secondary N) is 2. The molecule has 4 heteroatoms. The van der Waals surface area contributed by atoms with E-state index in [-0.39, 0.29) is 11.7 Å². The summed E-state index contributed by atoms with van der Waals surface area (Å²) < 4.78 is 0. The minimum absolute atomic E-state index is 0.00321. The van der Waals surface area contributed by atoms with E-state index in [1.165, 1.54) is 0 Å². The van der Waals surface area contributed by atoms with E-state index in [1.54, 1.807) is 13.1 Å². The normalized spacial score (nSPS) is 11.3. The molecule has 0 aliphatic rings. The van der Waals surface area contributed by atoms with Crippen molar-refractivity contribution in [2.75, 3.05) is 13.6 Å². The number of aryl methyl sites for hydroxylation is 1. The van der Waals surface area contributed by atoms with Gasteiger partial charge in [-0.2, -0.15) is 0 Å². The van der Waals surface area contributed by atoms with Crippen LogP contribution in [0, 0.1) is 12.3 Å². The third-order valence-corrected chi connectivity index (χ3v) is 2.96. The maximum absolute atomic E-state index is 11.6. The molecule has 100 valence electrons. The van der Waals surface area contributed by atoms with Crippen molar-refractivity contribution in [3.05, 3.63) is 29.3 Å². The molecule has 1 aromatic rings. The molecule has 1 aromatic carbocycles. The van der Waals surface area contributed by atoms with Gasteiger partial charge in [0, 0.05) is 25.7 Å². The zero-order chi connectivity index (χ0) is 13.8. The number of carbonyl (C=O) groups excluding carboxylic acids is 1. The first-order valence-electron chi connectivity index (χ1n) is 6.08. The third kappa shape index (κ3) is 3.74. The summed E-state index contributed by atoms with van der Waals surface area (Å²) in [7, 11) is 1.64. The molecule has 0 unspecified atom stereocenters. The van der Waals surface area contributed by atoms with E-state index in [0.29, 0.717) is 13.1 Å². The Hall–Kier alpha value is -1.55. The van der Waals surface area contributed by atoms with E-state index in [9.17, 15) is 9.90 Å². The molecule has 0 radical (unpaired) electrons. The van der Waals surface area contributed by atoms with E-state index in [1.807, 2.05) is 32.9 Å². The number of phenolic OH excluding ortho intramolecular Hbond substituents is 1. The fourth-order valence-electron chi connectivity index (χ4n) is 1.78. The SMILES string of the molecule is CNC(=O)C(C)(C)CNCc1cc(C)ccc1O. The number of benzene rings is 1. The number of hydrogen-bond acceptors (Lipinski definition) is 3. The number of carbonyl (C=O) groups is 1. The summed E-state index contributed by atoms with van der Waals surface area (Å²) in [5.74, 6) is 0.286. The van der Waals surface area contributed by atoms with Gasteiger partial charge in [0.15, 0.2) is 0 Å². The lowest BCUT2D eigenvalue weighted by atomic mass is 9.92. The molecule has 0 spiro atoms. The maximum Gasteiger partial charge on any atom is 0.226 e. The van der Waals surface area contributed by atoms with Crippen LogP contribution in [-0.4, -0.2) is 24.6 Å². The van der Waals surface area contributed by atoms with Crippen molar-refractivity contribution in [3.8, 4) is 5.75 Å². The lowest BCUT2D eigenvalue weighted by Gasteiger charge is -2.23. The van der Waals surface area contributed by atoms with Gasteiger partial charge in [-0.05, 0) is 26.8 Å². The first-order valence-corrected chi connectivity index (χ1v) is 6.08. The molecule has 1 amide bonds. The van der Waals surface area contributed by atoms with Crippen LogP contribution in [0.3, 0.4) is 0 Å².